The Morgan fingerprint density at radius 3 is 2.69 bits per heavy atom. The molecule has 6 rings (SSSR count). The Kier molecular flexibility index (Phi) is 5.16. The van der Waals surface area contributed by atoms with Crippen molar-refractivity contribution in [3.05, 3.63) is 76.5 Å². The van der Waals surface area contributed by atoms with E-state index < -0.39 is 11.6 Å². The molecule has 2 N–H and O–H groups in total. The highest BCUT2D eigenvalue weighted by molar-refractivity contribution is 6.31. The molecule has 7 nitrogen and oxygen atoms in total. The van der Waals surface area contributed by atoms with Crippen molar-refractivity contribution >= 4 is 34.3 Å². The second kappa shape index (κ2) is 8.14. The van der Waals surface area contributed by atoms with Crippen LogP contribution in [0.2, 0.25) is 5.02 Å². The number of phenolic OH excluding ortho intramolecular Hbond substituents is 1. The Balaban J connectivity index is 1.46. The van der Waals surface area contributed by atoms with E-state index in [1.807, 2.05) is 31.2 Å². The highest BCUT2D eigenvalue weighted by Crippen LogP contribution is 2.47. The molecule has 1 fully saturated rings. The molecule has 3 aromatic rings. The van der Waals surface area contributed by atoms with E-state index >= 15 is 0 Å². The fourth-order valence-corrected chi connectivity index (χ4v) is 6.09. The molecule has 35 heavy (non-hydrogen) atoms. The lowest BCUT2D eigenvalue weighted by Crippen LogP contribution is -2.70. The Hall–Kier alpha value is -3.29. The van der Waals surface area contributed by atoms with Crippen molar-refractivity contribution in [2.75, 3.05) is 32.7 Å². The minimum atomic E-state index is -1.06. The Bertz CT molecular complexity index is 1370. The van der Waals surface area contributed by atoms with E-state index in [1.165, 1.54) is 0 Å². The number of benzene rings is 2. The second-order valence-corrected chi connectivity index (χ2v) is 10.3. The third kappa shape index (κ3) is 3.53. The molecule has 2 amide bonds. The molecule has 0 unspecified atom stereocenters. The second-order valence-electron chi connectivity index (χ2n) is 9.88. The summed E-state index contributed by atoms with van der Waals surface area (Å²) in [6.45, 7) is 4.91. The molecule has 2 atom stereocenters. The normalized spacial score (nSPS) is 24.3. The first kappa shape index (κ1) is 22.2. The monoisotopic (exact) mass is 490 g/mol. The summed E-state index contributed by atoms with van der Waals surface area (Å²) in [6.07, 6.45) is 4.64. The van der Waals surface area contributed by atoms with Crippen LogP contribution in [0, 0.1) is 0 Å². The van der Waals surface area contributed by atoms with Crippen molar-refractivity contribution in [3.63, 3.8) is 0 Å². The number of aromatic hydroxyl groups is 1. The largest absolute Gasteiger partial charge is 0.508 e. The Morgan fingerprint density at radius 1 is 1.11 bits per heavy atom. The molecule has 0 bridgehead atoms. The van der Waals surface area contributed by atoms with Gasteiger partial charge in [0.15, 0.2) is 0 Å². The molecule has 3 aliphatic rings. The van der Waals surface area contributed by atoms with Crippen LogP contribution in [0.4, 0.5) is 0 Å². The fraction of sp³-hybridized carbons (Fsp3) is 0.333. The number of aromatic amines is 1. The summed E-state index contributed by atoms with van der Waals surface area (Å²) in [5.41, 5.74) is 2.46. The number of fused-ring (bicyclic) bond motifs is 4. The molecule has 0 radical (unpaired) electrons. The van der Waals surface area contributed by atoms with Crippen molar-refractivity contribution < 1.29 is 14.7 Å². The van der Waals surface area contributed by atoms with E-state index in [2.05, 4.69) is 22.0 Å². The fourth-order valence-electron chi connectivity index (χ4n) is 5.92. The molecule has 4 heterocycles. The summed E-state index contributed by atoms with van der Waals surface area (Å²) in [6, 6.07) is 12.1. The van der Waals surface area contributed by atoms with Gasteiger partial charge in [0, 0.05) is 54.2 Å². The van der Waals surface area contributed by atoms with E-state index in [-0.39, 0.29) is 24.1 Å². The maximum Gasteiger partial charge on any atom is 0.249 e. The van der Waals surface area contributed by atoms with Crippen LogP contribution in [0.25, 0.3) is 10.9 Å². The maximum absolute atomic E-state index is 14.0. The van der Waals surface area contributed by atoms with Crippen LogP contribution in [0.1, 0.15) is 29.8 Å². The summed E-state index contributed by atoms with van der Waals surface area (Å²) >= 11 is 6.35. The van der Waals surface area contributed by atoms with Crippen LogP contribution in [0.5, 0.6) is 5.75 Å². The van der Waals surface area contributed by atoms with Crippen LogP contribution >= 0.6 is 11.6 Å². The van der Waals surface area contributed by atoms with Crippen molar-refractivity contribution in [1.82, 2.24) is 19.7 Å². The summed E-state index contributed by atoms with van der Waals surface area (Å²) < 4.78 is 0. The topological polar surface area (TPSA) is 79.9 Å². The van der Waals surface area contributed by atoms with Crippen LogP contribution in [0.15, 0.2) is 54.6 Å². The smallest absolute Gasteiger partial charge is 0.249 e. The summed E-state index contributed by atoms with van der Waals surface area (Å²) in [4.78, 5) is 37.0. The van der Waals surface area contributed by atoms with Gasteiger partial charge in [-0.25, -0.2) is 0 Å². The number of phenols is 1. The lowest BCUT2D eigenvalue weighted by atomic mass is 9.78. The van der Waals surface area contributed by atoms with Crippen LogP contribution in [-0.4, -0.2) is 74.9 Å². The molecule has 3 aliphatic heterocycles. The molecule has 1 saturated heterocycles. The predicted octanol–water partition coefficient (Wildman–Crippen LogP) is 3.47. The third-order valence-corrected chi connectivity index (χ3v) is 7.83. The van der Waals surface area contributed by atoms with Gasteiger partial charge in [-0.15, -0.1) is 0 Å². The van der Waals surface area contributed by atoms with Crippen LogP contribution < -0.4 is 0 Å². The number of rotatable bonds is 4. The van der Waals surface area contributed by atoms with E-state index in [9.17, 15) is 14.7 Å². The third-order valence-electron chi connectivity index (χ3n) is 7.59. The Morgan fingerprint density at radius 2 is 1.91 bits per heavy atom. The molecule has 2 aromatic carbocycles. The number of carbonyl (C=O) groups is 2. The molecule has 1 aromatic heterocycles. The van der Waals surface area contributed by atoms with Crippen LogP contribution in [0.3, 0.4) is 0 Å². The maximum atomic E-state index is 14.0. The minimum absolute atomic E-state index is 0.0450. The number of carbonyl (C=O) groups excluding carboxylic acids is 2. The van der Waals surface area contributed by atoms with Gasteiger partial charge in [0.1, 0.15) is 11.3 Å². The first-order valence-corrected chi connectivity index (χ1v) is 12.3. The molecule has 8 heteroatoms. The number of hydrogen-bond acceptors (Lipinski definition) is 4. The first-order valence-electron chi connectivity index (χ1n) is 11.9. The number of nitrogens with zero attached hydrogens (tertiary/aromatic N) is 3. The zero-order valence-corrected chi connectivity index (χ0v) is 20.3. The van der Waals surface area contributed by atoms with Gasteiger partial charge in [-0.3, -0.25) is 14.5 Å². The first-order chi connectivity index (χ1) is 16.8. The zero-order chi connectivity index (χ0) is 24.3. The highest BCUT2D eigenvalue weighted by atomic mass is 35.5. The Labute approximate surface area is 208 Å². The van der Waals surface area contributed by atoms with Gasteiger partial charge in [-0.1, -0.05) is 35.9 Å². The van der Waals surface area contributed by atoms with E-state index in [1.54, 1.807) is 28.0 Å². The SMILES string of the molecule is C[C@@]12Cc3c([nH]c4ccc(Cl)cc34)[C@@H](c3cccc(O)c3)N1C(=O)CN(CCN1CC=CC1)C2=O. The van der Waals surface area contributed by atoms with Crippen LogP contribution in [-0.2, 0) is 16.0 Å². The number of aromatic nitrogens is 1. The van der Waals surface area contributed by atoms with E-state index in [0.29, 0.717) is 18.0 Å². The molecule has 0 spiro atoms. The number of H-pyrrole nitrogens is 1. The average molecular weight is 491 g/mol. The number of piperazine rings is 1. The summed E-state index contributed by atoms with van der Waals surface area (Å²) in [7, 11) is 0. The standard InChI is InChI=1S/C27H27ClN4O3/c1-27-15-21-20-14-18(28)7-8-22(20)29-24(21)25(17-5-4-6-19(33)13-17)32(27)23(34)16-31(26(27)35)12-11-30-9-2-3-10-30/h2-8,13-14,25,29,33H,9-12,15-16H2,1H3/t25-,27+/m1/s1. The zero-order valence-electron chi connectivity index (χ0n) is 19.5. The highest BCUT2D eigenvalue weighted by Gasteiger charge is 2.56. The number of halogens is 1. The number of hydrogen-bond donors (Lipinski definition) is 2. The predicted molar refractivity (Wildman–Crippen MR) is 134 cm³/mol. The number of nitrogens with one attached hydrogen (secondary N) is 1. The molecule has 180 valence electrons. The van der Waals surface area contributed by atoms with Gasteiger partial charge in [-0.05, 0) is 48.4 Å². The average Bonchev–Trinajstić information content (AvgIpc) is 3.47. The quantitative estimate of drug-likeness (QED) is 0.549. The van der Waals surface area contributed by atoms with Gasteiger partial charge in [0.2, 0.25) is 11.8 Å². The molecular formula is C27H27ClN4O3. The van der Waals surface area contributed by atoms with Gasteiger partial charge in [-0.2, -0.15) is 0 Å². The van der Waals surface area contributed by atoms with Crippen molar-refractivity contribution in [2.24, 2.45) is 0 Å². The molecular weight excluding hydrogens is 464 g/mol. The van der Waals surface area contributed by atoms with Gasteiger partial charge < -0.3 is 19.9 Å². The lowest BCUT2D eigenvalue weighted by molar-refractivity contribution is -0.167. The van der Waals surface area contributed by atoms with E-state index in [4.69, 9.17) is 11.6 Å². The van der Waals surface area contributed by atoms with Crippen molar-refractivity contribution in [3.8, 4) is 5.75 Å². The lowest BCUT2D eigenvalue weighted by Gasteiger charge is -2.53. The summed E-state index contributed by atoms with van der Waals surface area (Å²) in [5.74, 6) is -0.0223. The van der Waals surface area contributed by atoms with Crippen molar-refractivity contribution in [2.45, 2.75) is 24.9 Å². The van der Waals surface area contributed by atoms with Gasteiger partial charge >= 0.3 is 0 Å². The summed E-state index contributed by atoms with van der Waals surface area (Å²) in [5, 5.41) is 11.8. The van der Waals surface area contributed by atoms with Gasteiger partial charge in [0.05, 0.1) is 12.6 Å². The minimum Gasteiger partial charge on any atom is -0.508 e. The van der Waals surface area contributed by atoms with Gasteiger partial charge in [0.25, 0.3) is 0 Å². The molecule has 0 aliphatic carbocycles. The molecule has 0 saturated carbocycles. The van der Waals surface area contributed by atoms with Crippen molar-refractivity contribution in [1.29, 1.82) is 0 Å². The number of amides is 2. The van der Waals surface area contributed by atoms with E-state index in [0.717, 1.165) is 47.4 Å².